The number of rotatable bonds is 1. The van der Waals surface area contributed by atoms with Gasteiger partial charge in [0.2, 0.25) is 0 Å². The molecular weight excluding hydrogens is 156 g/mol. The van der Waals surface area contributed by atoms with Crippen LogP contribution in [-0.4, -0.2) is 41.6 Å². The first-order valence-electron chi connectivity index (χ1n) is 4.43. The molecule has 2 nitrogen and oxygen atoms in total. The molecule has 0 saturated carbocycles. The van der Waals surface area contributed by atoms with Gasteiger partial charge in [0, 0.05) is 30.9 Å². The summed E-state index contributed by atoms with van der Waals surface area (Å²) >= 11 is 2.09. The minimum atomic E-state index is 0.459. The summed E-state index contributed by atoms with van der Waals surface area (Å²) in [6.07, 6.45) is 2.60. The van der Waals surface area contributed by atoms with Gasteiger partial charge in [-0.2, -0.15) is 11.8 Å². The molecule has 0 aliphatic carbocycles. The number of nitrogens with two attached hydrogens (primary N) is 1. The van der Waals surface area contributed by atoms with Crippen LogP contribution in [0.25, 0.3) is 0 Å². The molecule has 64 valence electrons. The van der Waals surface area contributed by atoms with Gasteiger partial charge in [0.1, 0.15) is 0 Å². The molecule has 0 spiro atoms. The van der Waals surface area contributed by atoms with Crippen molar-refractivity contribution < 1.29 is 0 Å². The average Bonchev–Trinajstić information content (AvgIpc) is 2.55. The van der Waals surface area contributed by atoms with Gasteiger partial charge in [0.25, 0.3) is 0 Å². The van der Waals surface area contributed by atoms with Crippen LogP contribution in [0.5, 0.6) is 0 Å². The second-order valence-corrected chi connectivity index (χ2v) is 4.71. The fraction of sp³-hybridized carbons (Fsp3) is 1.00. The van der Waals surface area contributed by atoms with Crippen molar-refractivity contribution in [1.29, 1.82) is 0 Å². The Labute approximate surface area is 72.5 Å². The SMILES string of the molecule is N[C@H]1CCN([C@H]2CCSC2)C1. The second-order valence-electron chi connectivity index (χ2n) is 3.56. The van der Waals surface area contributed by atoms with E-state index in [1.165, 1.54) is 30.9 Å². The van der Waals surface area contributed by atoms with Crippen molar-refractivity contribution in [2.75, 3.05) is 24.6 Å². The highest BCUT2D eigenvalue weighted by molar-refractivity contribution is 7.99. The van der Waals surface area contributed by atoms with Gasteiger partial charge >= 0.3 is 0 Å². The molecule has 2 aliphatic rings. The lowest BCUT2D eigenvalue weighted by molar-refractivity contribution is 0.261. The quantitative estimate of drug-likeness (QED) is 0.625. The Morgan fingerprint density at radius 2 is 2.27 bits per heavy atom. The Hall–Kier alpha value is 0.270. The van der Waals surface area contributed by atoms with Gasteiger partial charge in [-0.3, -0.25) is 4.90 Å². The molecule has 0 aromatic rings. The van der Waals surface area contributed by atoms with Crippen LogP contribution in [-0.2, 0) is 0 Å². The minimum Gasteiger partial charge on any atom is -0.326 e. The first kappa shape index (κ1) is 7.90. The van der Waals surface area contributed by atoms with Crippen LogP contribution in [0.4, 0.5) is 0 Å². The zero-order valence-corrected chi connectivity index (χ0v) is 7.65. The zero-order chi connectivity index (χ0) is 7.68. The van der Waals surface area contributed by atoms with Gasteiger partial charge in [0.05, 0.1) is 0 Å². The van der Waals surface area contributed by atoms with Gasteiger partial charge in [-0.15, -0.1) is 0 Å². The Kier molecular flexibility index (Phi) is 2.39. The standard InChI is InChI=1S/C8H16N2S/c9-7-1-3-10(5-7)8-2-4-11-6-8/h7-8H,1-6,9H2/t7-,8-/m0/s1. The predicted molar refractivity (Wildman–Crippen MR) is 49.9 cm³/mol. The third-order valence-corrected chi connectivity index (χ3v) is 3.82. The number of likely N-dealkylation sites (tertiary alicyclic amines) is 1. The first-order valence-corrected chi connectivity index (χ1v) is 5.59. The maximum atomic E-state index is 5.84. The van der Waals surface area contributed by atoms with Crippen LogP contribution in [0.1, 0.15) is 12.8 Å². The molecule has 2 N–H and O–H groups in total. The highest BCUT2D eigenvalue weighted by Gasteiger charge is 2.28. The van der Waals surface area contributed by atoms with Crippen molar-refractivity contribution in [3.05, 3.63) is 0 Å². The third kappa shape index (κ3) is 1.71. The van der Waals surface area contributed by atoms with Crippen molar-refractivity contribution >= 4 is 11.8 Å². The summed E-state index contributed by atoms with van der Waals surface area (Å²) in [7, 11) is 0. The van der Waals surface area contributed by atoms with Crippen LogP contribution in [0.2, 0.25) is 0 Å². The topological polar surface area (TPSA) is 29.3 Å². The molecule has 0 unspecified atom stereocenters. The monoisotopic (exact) mass is 172 g/mol. The van der Waals surface area contributed by atoms with Crippen LogP contribution in [0.3, 0.4) is 0 Å². The van der Waals surface area contributed by atoms with E-state index >= 15 is 0 Å². The molecule has 0 radical (unpaired) electrons. The van der Waals surface area contributed by atoms with Gasteiger partial charge < -0.3 is 5.73 Å². The largest absolute Gasteiger partial charge is 0.326 e. The van der Waals surface area contributed by atoms with E-state index in [9.17, 15) is 0 Å². The van der Waals surface area contributed by atoms with E-state index in [2.05, 4.69) is 16.7 Å². The Morgan fingerprint density at radius 1 is 1.36 bits per heavy atom. The molecule has 11 heavy (non-hydrogen) atoms. The van der Waals surface area contributed by atoms with Crippen molar-refractivity contribution in [2.24, 2.45) is 5.73 Å². The van der Waals surface area contributed by atoms with E-state index in [4.69, 9.17) is 5.73 Å². The van der Waals surface area contributed by atoms with Gasteiger partial charge in [-0.25, -0.2) is 0 Å². The van der Waals surface area contributed by atoms with E-state index in [1.807, 2.05) is 0 Å². The number of hydrogen-bond donors (Lipinski definition) is 1. The predicted octanol–water partition coefficient (Wildman–Crippen LogP) is 0.525. The smallest absolute Gasteiger partial charge is 0.0194 e. The molecule has 0 amide bonds. The van der Waals surface area contributed by atoms with E-state index < -0.39 is 0 Å². The van der Waals surface area contributed by atoms with Crippen molar-refractivity contribution in [2.45, 2.75) is 24.9 Å². The van der Waals surface area contributed by atoms with Crippen LogP contribution >= 0.6 is 11.8 Å². The molecule has 0 aromatic heterocycles. The Morgan fingerprint density at radius 3 is 2.82 bits per heavy atom. The number of thioether (sulfide) groups is 1. The molecule has 2 heterocycles. The first-order chi connectivity index (χ1) is 5.36. The molecule has 2 rings (SSSR count). The van der Waals surface area contributed by atoms with Crippen molar-refractivity contribution in [3.8, 4) is 0 Å². The van der Waals surface area contributed by atoms with E-state index in [0.717, 1.165) is 12.6 Å². The fourth-order valence-electron chi connectivity index (χ4n) is 1.96. The number of nitrogens with zero attached hydrogens (tertiary/aromatic N) is 1. The van der Waals surface area contributed by atoms with Crippen LogP contribution in [0, 0.1) is 0 Å². The third-order valence-electron chi connectivity index (χ3n) is 2.68. The summed E-state index contributed by atoms with van der Waals surface area (Å²) in [5.74, 6) is 2.70. The molecular formula is C8H16N2S. The summed E-state index contributed by atoms with van der Waals surface area (Å²) in [6, 6.07) is 1.31. The average molecular weight is 172 g/mol. The fourth-order valence-corrected chi connectivity index (χ4v) is 3.21. The molecule has 0 bridgehead atoms. The van der Waals surface area contributed by atoms with E-state index in [-0.39, 0.29) is 0 Å². The maximum Gasteiger partial charge on any atom is 0.0194 e. The molecule has 3 heteroatoms. The minimum absolute atomic E-state index is 0.459. The van der Waals surface area contributed by atoms with Gasteiger partial charge in [-0.05, 0) is 18.6 Å². The molecule has 2 saturated heterocycles. The lowest BCUT2D eigenvalue weighted by Gasteiger charge is -2.22. The zero-order valence-electron chi connectivity index (χ0n) is 6.83. The summed E-state index contributed by atoms with van der Waals surface area (Å²) < 4.78 is 0. The summed E-state index contributed by atoms with van der Waals surface area (Å²) in [4.78, 5) is 2.57. The lowest BCUT2D eigenvalue weighted by Crippen LogP contribution is -2.35. The normalized spacial score (nSPS) is 40.1. The molecule has 0 aromatic carbocycles. The van der Waals surface area contributed by atoms with E-state index in [0.29, 0.717) is 6.04 Å². The Balaban J connectivity index is 1.85. The summed E-state index contributed by atoms with van der Waals surface area (Å²) in [5, 5.41) is 0. The highest BCUT2D eigenvalue weighted by Crippen LogP contribution is 2.24. The molecule has 2 atom stereocenters. The molecule has 2 aliphatic heterocycles. The summed E-state index contributed by atoms with van der Waals surface area (Å²) in [6.45, 7) is 2.39. The van der Waals surface area contributed by atoms with Gasteiger partial charge in [-0.1, -0.05) is 0 Å². The Bertz CT molecular complexity index is 134. The van der Waals surface area contributed by atoms with Crippen LogP contribution in [0.15, 0.2) is 0 Å². The number of hydrogen-bond acceptors (Lipinski definition) is 3. The summed E-state index contributed by atoms with van der Waals surface area (Å²) in [5.41, 5.74) is 5.84. The van der Waals surface area contributed by atoms with Crippen LogP contribution < -0.4 is 5.73 Å². The van der Waals surface area contributed by atoms with Crippen molar-refractivity contribution in [3.63, 3.8) is 0 Å². The van der Waals surface area contributed by atoms with Gasteiger partial charge in [0.15, 0.2) is 0 Å². The second kappa shape index (κ2) is 3.33. The van der Waals surface area contributed by atoms with Crippen molar-refractivity contribution in [1.82, 2.24) is 4.90 Å². The highest BCUT2D eigenvalue weighted by atomic mass is 32.2. The maximum absolute atomic E-state index is 5.84. The molecule has 2 fully saturated rings. The lowest BCUT2D eigenvalue weighted by atomic mass is 10.2. The van der Waals surface area contributed by atoms with E-state index in [1.54, 1.807) is 0 Å².